The fraction of sp³-hybridized carbons (Fsp3) is 0.429. The molecule has 1 aromatic carbocycles. The molecule has 0 radical (unpaired) electrons. The van der Waals surface area contributed by atoms with Crippen molar-refractivity contribution >= 4 is 28.4 Å². The Bertz CT molecular complexity index is 914. The second kappa shape index (κ2) is 10.2. The van der Waals surface area contributed by atoms with Gasteiger partial charge >= 0.3 is 11.9 Å². The fourth-order valence-corrected chi connectivity index (χ4v) is 4.34. The van der Waals surface area contributed by atoms with E-state index in [1.807, 2.05) is 22.4 Å². The number of methoxy groups -OCH3 is 2. The maximum absolute atomic E-state index is 12.0. The molecule has 9 heteroatoms. The van der Waals surface area contributed by atoms with Crippen molar-refractivity contribution in [2.45, 2.75) is 18.9 Å². The third-order valence-electron chi connectivity index (χ3n) is 5.15. The van der Waals surface area contributed by atoms with E-state index in [2.05, 4.69) is 11.0 Å². The molecule has 158 valence electrons. The first-order chi connectivity index (χ1) is 14.5. The molecule has 0 bridgehead atoms. The van der Waals surface area contributed by atoms with Crippen LogP contribution in [0.15, 0.2) is 29.6 Å². The average molecular weight is 429 g/mol. The van der Waals surface area contributed by atoms with Crippen molar-refractivity contribution in [1.29, 1.82) is 5.26 Å². The van der Waals surface area contributed by atoms with E-state index in [4.69, 9.17) is 19.7 Å². The summed E-state index contributed by atoms with van der Waals surface area (Å²) in [5.41, 5.74) is 2.32. The first-order valence-corrected chi connectivity index (χ1v) is 10.5. The summed E-state index contributed by atoms with van der Waals surface area (Å²) < 4.78 is 9.64. The Balaban J connectivity index is 1.74. The molecule has 30 heavy (non-hydrogen) atoms. The highest BCUT2D eigenvalue weighted by atomic mass is 32.1. The van der Waals surface area contributed by atoms with E-state index >= 15 is 0 Å². The number of likely N-dealkylation sites (tertiary alicyclic amines) is 1. The van der Waals surface area contributed by atoms with Gasteiger partial charge < -0.3 is 14.4 Å². The number of thiazole rings is 1. The number of esters is 2. The van der Waals surface area contributed by atoms with Crippen LogP contribution in [-0.4, -0.2) is 68.3 Å². The van der Waals surface area contributed by atoms with Gasteiger partial charge in [0.05, 0.1) is 38.1 Å². The predicted octanol–water partition coefficient (Wildman–Crippen LogP) is 2.30. The molecule has 8 nitrogen and oxygen atoms in total. The van der Waals surface area contributed by atoms with Crippen LogP contribution >= 0.6 is 11.3 Å². The minimum Gasteiger partial charge on any atom is -0.468 e. The van der Waals surface area contributed by atoms with Gasteiger partial charge in [-0.25, -0.2) is 4.98 Å². The molecule has 1 aliphatic heterocycles. The van der Waals surface area contributed by atoms with Crippen molar-refractivity contribution in [3.63, 3.8) is 0 Å². The molecule has 0 atom stereocenters. The Hall–Kier alpha value is -2.96. The summed E-state index contributed by atoms with van der Waals surface area (Å²) in [5.74, 6) is -0.561. The molecule has 3 rings (SSSR count). The van der Waals surface area contributed by atoms with Crippen molar-refractivity contribution < 1.29 is 19.1 Å². The number of nitrogens with zero attached hydrogens (tertiary/aromatic N) is 4. The number of nitriles is 1. The van der Waals surface area contributed by atoms with Crippen molar-refractivity contribution in [2.75, 3.05) is 45.3 Å². The molecular weight excluding hydrogens is 404 g/mol. The van der Waals surface area contributed by atoms with Crippen molar-refractivity contribution in [3.05, 3.63) is 35.2 Å². The SMILES string of the molecule is COC(=O)CN1CCC(N(CC(=O)OC)c2nc(-c3ccc(C#N)cc3)cs2)CC1. The summed E-state index contributed by atoms with van der Waals surface area (Å²) in [4.78, 5) is 32.4. The molecule has 0 spiro atoms. The van der Waals surface area contributed by atoms with Gasteiger partial charge in [-0.05, 0) is 25.0 Å². The standard InChI is InChI=1S/C21H24N4O4S/c1-28-19(26)12-24-9-7-17(8-10-24)25(13-20(27)29-2)21-23-18(14-30-21)16-5-3-15(11-22)4-6-16/h3-6,14,17H,7-10,12-13H2,1-2H3. The quantitative estimate of drug-likeness (QED) is 0.620. The number of piperidine rings is 1. The summed E-state index contributed by atoms with van der Waals surface area (Å²) >= 11 is 1.48. The Labute approximate surface area is 179 Å². The number of hydrogen-bond donors (Lipinski definition) is 0. The molecule has 1 aromatic heterocycles. The Morgan fingerprint density at radius 3 is 2.47 bits per heavy atom. The van der Waals surface area contributed by atoms with Gasteiger partial charge in [0.25, 0.3) is 0 Å². The molecule has 1 fully saturated rings. The highest BCUT2D eigenvalue weighted by molar-refractivity contribution is 7.14. The van der Waals surface area contributed by atoms with Crippen molar-refractivity contribution in [2.24, 2.45) is 0 Å². The zero-order chi connectivity index (χ0) is 21.5. The van der Waals surface area contributed by atoms with Crippen LogP contribution in [0.2, 0.25) is 0 Å². The molecule has 2 heterocycles. The zero-order valence-corrected chi connectivity index (χ0v) is 17.9. The molecule has 1 aliphatic rings. The molecule has 2 aromatic rings. The molecule has 0 saturated carbocycles. The van der Waals surface area contributed by atoms with E-state index in [-0.39, 0.29) is 31.1 Å². The van der Waals surface area contributed by atoms with E-state index in [0.717, 1.165) is 42.3 Å². The highest BCUT2D eigenvalue weighted by Gasteiger charge is 2.29. The summed E-state index contributed by atoms with van der Waals surface area (Å²) in [6, 6.07) is 9.49. The van der Waals surface area contributed by atoms with Crippen LogP contribution in [0.3, 0.4) is 0 Å². The van der Waals surface area contributed by atoms with E-state index < -0.39 is 0 Å². The van der Waals surface area contributed by atoms with E-state index in [0.29, 0.717) is 5.56 Å². The lowest BCUT2D eigenvalue weighted by atomic mass is 10.0. The summed E-state index contributed by atoms with van der Waals surface area (Å²) in [6.07, 6.45) is 1.61. The van der Waals surface area contributed by atoms with Gasteiger partial charge in [-0.15, -0.1) is 11.3 Å². The van der Waals surface area contributed by atoms with Gasteiger partial charge in [-0.1, -0.05) is 12.1 Å². The lowest BCUT2D eigenvalue weighted by molar-refractivity contribution is -0.142. The van der Waals surface area contributed by atoms with Crippen LogP contribution in [0.5, 0.6) is 0 Å². The maximum Gasteiger partial charge on any atom is 0.325 e. The number of rotatable bonds is 7. The summed E-state index contributed by atoms with van der Waals surface area (Å²) in [6.45, 7) is 1.88. The molecular formula is C21H24N4O4S. The number of benzene rings is 1. The number of anilines is 1. The van der Waals surface area contributed by atoms with Crippen molar-refractivity contribution in [1.82, 2.24) is 9.88 Å². The number of carbonyl (C=O) groups is 2. The third kappa shape index (κ3) is 5.34. The fourth-order valence-electron chi connectivity index (χ4n) is 3.44. The smallest absolute Gasteiger partial charge is 0.325 e. The third-order valence-corrected chi connectivity index (χ3v) is 6.03. The normalized spacial score (nSPS) is 14.7. The zero-order valence-electron chi connectivity index (χ0n) is 17.0. The van der Waals surface area contributed by atoms with E-state index in [9.17, 15) is 9.59 Å². The molecule has 0 unspecified atom stereocenters. The van der Waals surface area contributed by atoms with Crippen LogP contribution in [0.25, 0.3) is 11.3 Å². The van der Waals surface area contributed by atoms with E-state index in [1.165, 1.54) is 25.6 Å². The Kier molecular flexibility index (Phi) is 7.38. The second-order valence-corrected chi connectivity index (χ2v) is 7.83. The first-order valence-electron chi connectivity index (χ1n) is 9.62. The van der Waals surface area contributed by atoms with Gasteiger partial charge in [0.15, 0.2) is 5.13 Å². The summed E-state index contributed by atoms with van der Waals surface area (Å²) in [7, 11) is 2.77. The van der Waals surface area contributed by atoms with Crippen molar-refractivity contribution in [3.8, 4) is 17.3 Å². The number of carbonyl (C=O) groups excluding carboxylic acids is 2. The highest BCUT2D eigenvalue weighted by Crippen LogP contribution is 2.31. The lowest BCUT2D eigenvalue weighted by Gasteiger charge is -2.37. The molecule has 0 aliphatic carbocycles. The Morgan fingerprint density at radius 1 is 1.20 bits per heavy atom. The second-order valence-electron chi connectivity index (χ2n) is 6.99. The van der Waals surface area contributed by atoms with Crippen LogP contribution < -0.4 is 4.90 Å². The predicted molar refractivity (Wildman–Crippen MR) is 113 cm³/mol. The lowest BCUT2D eigenvalue weighted by Crippen LogP contribution is -2.48. The van der Waals surface area contributed by atoms with Gasteiger partial charge in [0.1, 0.15) is 6.54 Å². The van der Waals surface area contributed by atoms with Crippen LogP contribution in [0, 0.1) is 11.3 Å². The topological polar surface area (TPSA) is 95.8 Å². The van der Waals surface area contributed by atoms with Crippen LogP contribution in [0.1, 0.15) is 18.4 Å². The van der Waals surface area contributed by atoms with Crippen LogP contribution in [0.4, 0.5) is 5.13 Å². The van der Waals surface area contributed by atoms with Gasteiger partial charge in [0, 0.05) is 30.1 Å². The molecule has 1 saturated heterocycles. The minimum absolute atomic E-state index is 0.123. The van der Waals surface area contributed by atoms with Gasteiger partial charge in [0.2, 0.25) is 0 Å². The first kappa shape index (κ1) is 21.7. The number of aromatic nitrogens is 1. The average Bonchev–Trinajstić information content (AvgIpc) is 3.27. The molecule has 0 N–H and O–H groups in total. The largest absolute Gasteiger partial charge is 0.468 e. The van der Waals surface area contributed by atoms with Gasteiger partial charge in [-0.3, -0.25) is 14.5 Å². The monoisotopic (exact) mass is 428 g/mol. The maximum atomic E-state index is 12.0. The number of hydrogen-bond acceptors (Lipinski definition) is 9. The van der Waals surface area contributed by atoms with Crippen LogP contribution in [-0.2, 0) is 19.1 Å². The van der Waals surface area contributed by atoms with Gasteiger partial charge in [-0.2, -0.15) is 5.26 Å². The minimum atomic E-state index is -0.317. The molecule has 0 amide bonds. The number of ether oxygens (including phenoxy) is 2. The summed E-state index contributed by atoms with van der Waals surface area (Å²) in [5, 5.41) is 11.7. The van der Waals surface area contributed by atoms with E-state index in [1.54, 1.807) is 12.1 Å². The Morgan fingerprint density at radius 2 is 1.87 bits per heavy atom.